The van der Waals surface area contributed by atoms with Gasteiger partial charge in [0.05, 0.1) is 0 Å². The molecule has 0 spiro atoms. The van der Waals surface area contributed by atoms with Gasteiger partial charge in [-0.05, 0) is 0 Å². The molecule has 0 bridgehead atoms. The first kappa shape index (κ1) is 15.3. The van der Waals surface area contributed by atoms with Crippen molar-refractivity contribution in [3.63, 3.8) is 0 Å². The number of hydrogen-bond donors (Lipinski definition) is 3. The zero-order chi connectivity index (χ0) is 14.6. The molecule has 1 aromatic rings. The number of rotatable bonds is 4. The summed E-state index contributed by atoms with van der Waals surface area (Å²) in [5.74, 6) is -0.309. The first-order valence-electron chi connectivity index (χ1n) is 5.04. The first-order valence-corrected chi connectivity index (χ1v) is 5.67. The lowest BCUT2D eigenvalue weighted by Crippen LogP contribution is -2.38. The van der Waals surface area contributed by atoms with Crippen LogP contribution in [0.25, 0.3) is 0 Å². The second kappa shape index (κ2) is 5.95. The third kappa shape index (κ3) is 4.16. The number of alkyl halides is 3. The van der Waals surface area contributed by atoms with E-state index in [0.717, 1.165) is 0 Å². The summed E-state index contributed by atoms with van der Waals surface area (Å²) in [5, 5.41) is 2.33. The number of thiol groups is 1. The Labute approximate surface area is 110 Å². The van der Waals surface area contributed by atoms with Crippen molar-refractivity contribution < 1.29 is 18.0 Å². The highest BCUT2D eigenvalue weighted by Gasteiger charge is 2.35. The van der Waals surface area contributed by atoms with Gasteiger partial charge in [0, 0.05) is 18.5 Å². The first-order chi connectivity index (χ1) is 8.75. The maximum atomic E-state index is 12.5. The fraction of sp³-hybridized carbons (Fsp3) is 0.444. The molecule has 106 valence electrons. The molecule has 0 aliphatic heterocycles. The summed E-state index contributed by atoms with van der Waals surface area (Å²) in [5.41, 5.74) is -4.15. The van der Waals surface area contributed by atoms with E-state index in [1.54, 1.807) is 0 Å². The molecule has 2 N–H and O–H groups in total. The Morgan fingerprint density at radius 1 is 1.42 bits per heavy atom. The van der Waals surface area contributed by atoms with Crippen molar-refractivity contribution in [1.29, 1.82) is 0 Å². The molecular weight excluding hydrogens is 287 g/mol. The van der Waals surface area contributed by atoms with Gasteiger partial charge in [-0.15, -0.1) is 0 Å². The lowest BCUT2D eigenvalue weighted by atomic mass is 10.3. The van der Waals surface area contributed by atoms with Crippen LogP contribution in [0.3, 0.4) is 0 Å². The minimum Gasteiger partial charge on any atom is -0.354 e. The second-order valence-corrected chi connectivity index (χ2v) is 3.95. The lowest BCUT2D eigenvalue weighted by Gasteiger charge is -2.09. The quantitative estimate of drug-likeness (QED) is 0.661. The topological polar surface area (TPSA) is 84.0 Å². The Morgan fingerprint density at radius 2 is 2.05 bits per heavy atom. The van der Waals surface area contributed by atoms with Crippen LogP contribution in [-0.2, 0) is 17.5 Å². The highest BCUT2D eigenvalue weighted by molar-refractivity contribution is 7.80. The standard InChI is InChI=1S/C9H10F3N3O3S/c10-9(11,12)5-3-15(8(18)14-7(5)17)4-6(16)13-1-2-19/h3,19H,1-2,4H2,(H,13,16)(H,14,17,18). The molecule has 0 aliphatic rings. The normalized spacial score (nSPS) is 11.4. The number of nitrogens with one attached hydrogen (secondary N) is 2. The molecule has 0 aliphatic carbocycles. The molecule has 0 saturated carbocycles. The maximum Gasteiger partial charge on any atom is 0.423 e. The molecule has 0 saturated heterocycles. The minimum atomic E-state index is -4.90. The van der Waals surface area contributed by atoms with Crippen molar-refractivity contribution in [3.05, 3.63) is 32.6 Å². The summed E-state index contributed by atoms with van der Waals surface area (Å²) in [4.78, 5) is 35.1. The number of carbonyl (C=O) groups excluding carboxylic acids is 1. The van der Waals surface area contributed by atoms with E-state index in [1.165, 1.54) is 4.98 Å². The fourth-order valence-electron chi connectivity index (χ4n) is 1.23. The highest BCUT2D eigenvalue weighted by Crippen LogP contribution is 2.25. The molecule has 10 heteroatoms. The predicted octanol–water partition coefficient (Wildman–Crippen LogP) is -0.399. The molecule has 1 heterocycles. The summed E-state index contributed by atoms with van der Waals surface area (Å²) >= 11 is 3.83. The zero-order valence-corrected chi connectivity index (χ0v) is 10.3. The minimum absolute atomic E-state index is 0.214. The smallest absolute Gasteiger partial charge is 0.354 e. The van der Waals surface area contributed by atoms with Crippen molar-refractivity contribution >= 4 is 18.5 Å². The average Bonchev–Trinajstić information content (AvgIpc) is 2.28. The van der Waals surface area contributed by atoms with Crippen molar-refractivity contribution in [2.75, 3.05) is 12.3 Å². The van der Waals surface area contributed by atoms with Crippen LogP contribution in [0.2, 0.25) is 0 Å². The van der Waals surface area contributed by atoms with E-state index in [4.69, 9.17) is 0 Å². The highest BCUT2D eigenvalue weighted by atomic mass is 32.1. The molecule has 1 aromatic heterocycles. The van der Waals surface area contributed by atoms with Gasteiger partial charge >= 0.3 is 11.9 Å². The van der Waals surface area contributed by atoms with Crippen molar-refractivity contribution in [2.24, 2.45) is 0 Å². The summed E-state index contributed by atoms with van der Waals surface area (Å²) in [6, 6.07) is 0. The van der Waals surface area contributed by atoms with Gasteiger partial charge in [0.25, 0.3) is 5.56 Å². The summed E-state index contributed by atoms with van der Waals surface area (Å²) < 4.78 is 37.8. The van der Waals surface area contributed by atoms with Gasteiger partial charge in [0.2, 0.25) is 5.91 Å². The van der Waals surface area contributed by atoms with Crippen molar-refractivity contribution in [3.8, 4) is 0 Å². The van der Waals surface area contributed by atoms with Crippen molar-refractivity contribution in [2.45, 2.75) is 12.7 Å². The largest absolute Gasteiger partial charge is 0.423 e. The van der Waals surface area contributed by atoms with Gasteiger partial charge in [-0.1, -0.05) is 0 Å². The Hall–Kier alpha value is -1.71. The van der Waals surface area contributed by atoms with Crippen LogP contribution in [0, 0.1) is 0 Å². The lowest BCUT2D eigenvalue weighted by molar-refractivity contribution is -0.139. The number of hydrogen-bond acceptors (Lipinski definition) is 4. The van der Waals surface area contributed by atoms with Crippen LogP contribution in [0.1, 0.15) is 5.56 Å². The van der Waals surface area contributed by atoms with Crippen LogP contribution >= 0.6 is 12.6 Å². The van der Waals surface area contributed by atoms with E-state index < -0.39 is 35.4 Å². The van der Waals surface area contributed by atoms with Crippen molar-refractivity contribution in [1.82, 2.24) is 14.9 Å². The van der Waals surface area contributed by atoms with Crippen LogP contribution in [0.15, 0.2) is 15.8 Å². The number of aromatic nitrogens is 2. The van der Waals surface area contributed by atoms with Crippen LogP contribution in [0.4, 0.5) is 13.2 Å². The maximum absolute atomic E-state index is 12.5. The molecule has 1 rings (SSSR count). The van der Waals surface area contributed by atoms with E-state index in [9.17, 15) is 27.6 Å². The van der Waals surface area contributed by atoms with Gasteiger partial charge in [0.1, 0.15) is 12.1 Å². The molecule has 6 nitrogen and oxygen atoms in total. The number of amides is 1. The van der Waals surface area contributed by atoms with Crippen LogP contribution < -0.4 is 16.6 Å². The molecule has 0 fully saturated rings. The number of halogens is 3. The fourth-order valence-corrected chi connectivity index (χ4v) is 1.35. The third-order valence-electron chi connectivity index (χ3n) is 2.06. The Morgan fingerprint density at radius 3 is 2.58 bits per heavy atom. The number of carbonyl (C=O) groups is 1. The van der Waals surface area contributed by atoms with E-state index in [1.807, 2.05) is 0 Å². The monoisotopic (exact) mass is 297 g/mol. The van der Waals surface area contributed by atoms with Gasteiger partial charge in [-0.2, -0.15) is 25.8 Å². The Bertz CT molecular complexity index is 579. The molecule has 19 heavy (non-hydrogen) atoms. The second-order valence-electron chi connectivity index (χ2n) is 3.50. The van der Waals surface area contributed by atoms with Gasteiger partial charge < -0.3 is 5.32 Å². The molecule has 0 unspecified atom stereocenters. The number of H-pyrrole nitrogens is 1. The third-order valence-corrected chi connectivity index (χ3v) is 2.29. The summed E-state index contributed by atoms with van der Waals surface area (Å²) in [6.07, 6.45) is -4.58. The van der Waals surface area contributed by atoms with Gasteiger partial charge in [0.15, 0.2) is 0 Å². The van der Waals surface area contributed by atoms with Gasteiger partial charge in [-0.25, -0.2) is 4.79 Å². The van der Waals surface area contributed by atoms with E-state index in [2.05, 4.69) is 17.9 Å². The SMILES string of the molecule is O=C(Cn1cc(C(F)(F)F)c(=O)[nH]c1=O)NCCS. The predicted molar refractivity (Wildman–Crippen MR) is 63.2 cm³/mol. The Balaban J connectivity index is 3.06. The van der Waals surface area contributed by atoms with Crippen LogP contribution in [-0.4, -0.2) is 27.8 Å². The number of aromatic amines is 1. The average molecular weight is 297 g/mol. The molecule has 1 amide bonds. The van der Waals surface area contributed by atoms with E-state index in [0.29, 0.717) is 16.5 Å². The molecule has 0 aromatic carbocycles. The zero-order valence-electron chi connectivity index (χ0n) is 9.45. The van der Waals surface area contributed by atoms with E-state index >= 15 is 0 Å². The molecular formula is C9H10F3N3O3S. The summed E-state index contributed by atoms with van der Waals surface area (Å²) in [7, 11) is 0. The number of nitrogens with zero attached hydrogens (tertiary/aromatic N) is 1. The van der Waals surface area contributed by atoms with E-state index in [-0.39, 0.29) is 6.54 Å². The molecule has 0 radical (unpaired) electrons. The summed E-state index contributed by atoms with van der Waals surface area (Å²) in [6.45, 7) is -0.404. The molecule has 0 atom stereocenters. The Kier molecular flexibility index (Phi) is 4.81. The van der Waals surface area contributed by atoms with Gasteiger partial charge in [-0.3, -0.25) is 19.1 Å². The van der Waals surface area contributed by atoms with Crippen LogP contribution in [0.5, 0.6) is 0 Å².